The number of halogens is 1. The lowest BCUT2D eigenvalue weighted by Crippen LogP contribution is -2.29. The molecule has 3 aromatic rings. The number of ether oxygens (including phenoxy) is 2. The number of aromatic nitrogens is 1. The first-order chi connectivity index (χ1) is 17.8. The van der Waals surface area contributed by atoms with Gasteiger partial charge in [-0.25, -0.2) is 14.2 Å². The molecule has 0 saturated carbocycles. The van der Waals surface area contributed by atoms with Gasteiger partial charge in [-0.1, -0.05) is 36.8 Å². The summed E-state index contributed by atoms with van der Waals surface area (Å²) in [7, 11) is 1.24. The average molecular weight is 525 g/mol. The maximum Gasteiger partial charge on any atom is 0.350 e. The van der Waals surface area contributed by atoms with Crippen LogP contribution in [0.3, 0.4) is 0 Å². The third-order valence-electron chi connectivity index (χ3n) is 5.86. The second kappa shape index (κ2) is 10.9. The number of carbonyl (C=O) groups is 3. The minimum absolute atomic E-state index is 0.0976. The van der Waals surface area contributed by atoms with E-state index >= 15 is 0 Å². The van der Waals surface area contributed by atoms with Crippen molar-refractivity contribution in [3.8, 4) is 5.75 Å². The quantitative estimate of drug-likeness (QED) is 0.142. The van der Waals surface area contributed by atoms with Crippen LogP contribution in [0.4, 0.5) is 9.52 Å². The van der Waals surface area contributed by atoms with Gasteiger partial charge in [0.2, 0.25) is 0 Å². The van der Waals surface area contributed by atoms with Gasteiger partial charge < -0.3 is 14.6 Å². The van der Waals surface area contributed by atoms with Crippen LogP contribution in [0.2, 0.25) is 0 Å². The summed E-state index contributed by atoms with van der Waals surface area (Å²) in [5.41, 5.74) is 0.812. The van der Waals surface area contributed by atoms with Gasteiger partial charge in [0.25, 0.3) is 5.78 Å². The first-order valence-corrected chi connectivity index (χ1v) is 12.4. The Balaban J connectivity index is 1.89. The molecule has 1 amide bonds. The summed E-state index contributed by atoms with van der Waals surface area (Å²) in [6.07, 6.45) is 1.80. The molecule has 1 aliphatic heterocycles. The molecule has 10 heteroatoms. The van der Waals surface area contributed by atoms with Crippen LogP contribution in [0.15, 0.2) is 54.1 Å². The van der Waals surface area contributed by atoms with Crippen LogP contribution in [-0.4, -0.2) is 41.5 Å². The fraction of sp³-hybridized carbons (Fsp3) is 0.259. The van der Waals surface area contributed by atoms with E-state index in [1.807, 2.05) is 6.92 Å². The first kappa shape index (κ1) is 26.0. The number of rotatable bonds is 8. The van der Waals surface area contributed by atoms with E-state index in [4.69, 9.17) is 9.47 Å². The zero-order chi connectivity index (χ0) is 26.7. The van der Waals surface area contributed by atoms with Crippen molar-refractivity contribution >= 4 is 39.9 Å². The Hall–Kier alpha value is -4.05. The number of aryl methyl sites for hydroxylation is 1. The number of thiazole rings is 1. The predicted molar refractivity (Wildman–Crippen MR) is 136 cm³/mol. The van der Waals surface area contributed by atoms with Crippen molar-refractivity contribution in [1.29, 1.82) is 0 Å². The van der Waals surface area contributed by atoms with E-state index in [2.05, 4.69) is 4.98 Å². The van der Waals surface area contributed by atoms with Gasteiger partial charge >= 0.3 is 11.9 Å². The Morgan fingerprint density at radius 2 is 1.92 bits per heavy atom. The predicted octanol–water partition coefficient (Wildman–Crippen LogP) is 5.18. The number of benzene rings is 2. The smallest absolute Gasteiger partial charge is 0.350 e. The number of hydrogen-bond acceptors (Lipinski definition) is 8. The summed E-state index contributed by atoms with van der Waals surface area (Å²) in [5, 5.41) is 11.3. The Morgan fingerprint density at radius 3 is 2.59 bits per heavy atom. The number of methoxy groups -OCH3 is 1. The van der Waals surface area contributed by atoms with Crippen LogP contribution in [0, 0.1) is 12.7 Å². The van der Waals surface area contributed by atoms with Crippen molar-refractivity contribution in [3.63, 3.8) is 0 Å². The van der Waals surface area contributed by atoms with Gasteiger partial charge in [0.05, 0.1) is 31.0 Å². The van der Waals surface area contributed by atoms with Crippen molar-refractivity contribution < 1.29 is 33.4 Å². The molecule has 1 aromatic heterocycles. The highest BCUT2D eigenvalue weighted by atomic mass is 32.1. The van der Waals surface area contributed by atoms with E-state index in [1.165, 1.54) is 19.2 Å². The van der Waals surface area contributed by atoms with Crippen molar-refractivity contribution in [2.45, 2.75) is 32.7 Å². The number of ketones is 1. The highest BCUT2D eigenvalue weighted by Gasteiger charge is 2.48. The maximum absolute atomic E-state index is 13.5. The number of unbranched alkanes of at least 4 members (excludes halogenated alkanes) is 1. The van der Waals surface area contributed by atoms with E-state index < -0.39 is 35.3 Å². The lowest BCUT2D eigenvalue weighted by Gasteiger charge is -2.23. The lowest BCUT2D eigenvalue weighted by molar-refractivity contribution is -0.132. The zero-order valence-electron chi connectivity index (χ0n) is 20.5. The largest absolute Gasteiger partial charge is 0.507 e. The third-order valence-corrected chi connectivity index (χ3v) is 7.00. The number of anilines is 1. The van der Waals surface area contributed by atoms with Gasteiger partial charge in [0.1, 0.15) is 22.2 Å². The van der Waals surface area contributed by atoms with Crippen molar-refractivity contribution in [2.24, 2.45) is 0 Å². The van der Waals surface area contributed by atoms with Crippen LogP contribution >= 0.6 is 11.3 Å². The van der Waals surface area contributed by atoms with Gasteiger partial charge in [-0.15, -0.1) is 0 Å². The number of hydrogen-bond donors (Lipinski definition) is 1. The fourth-order valence-electron chi connectivity index (χ4n) is 3.98. The highest BCUT2D eigenvalue weighted by Crippen LogP contribution is 2.44. The number of Topliss-reactive ketones (excluding diaryl/α,β-unsaturated/α-hetero) is 1. The molecule has 0 bridgehead atoms. The van der Waals surface area contributed by atoms with E-state index in [1.54, 1.807) is 31.2 Å². The molecule has 0 spiro atoms. The van der Waals surface area contributed by atoms with Crippen LogP contribution in [0.5, 0.6) is 5.75 Å². The van der Waals surface area contributed by atoms with Crippen molar-refractivity contribution in [1.82, 2.24) is 4.98 Å². The molecule has 2 aromatic carbocycles. The number of nitrogens with zero attached hydrogens (tertiary/aromatic N) is 2. The molecule has 1 aliphatic rings. The second-order valence-electron chi connectivity index (χ2n) is 8.35. The molecule has 2 heterocycles. The molecule has 1 atom stereocenters. The van der Waals surface area contributed by atoms with Gasteiger partial charge in [-0.2, -0.15) is 0 Å². The normalized spacial score (nSPS) is 16.8. The molecule has 1 unspecified atom stereocenters. The summed E-state index contributed by atoms with van der Waals surface area (Å²) in [6, 6.07) is 10.7. The van der Waals surface area contributed by atoms with Crippen molar-refractivity contribution in [2.75, 3.05) is 18.6 Å². The minimum Gasteiger partial charge on any atom is -0.507 e. The van der Waals surface area contributed by atoms with Gasteiger partial charge in [0.15, 0.2) is 5.13 Å². The number of carbonyl (C=O) groups excluding carboxylic acids is 3. The molecule has 0 aliphatic carbocycles. The molecule has 1 saturated heterocycles. The van der Waals surface area contributed by atoms with E-state index in [0.717, 1.165) is 41.2 Å². The summed E-state index contributed by atoms with van der Waals surface area (Å²) in [4.78, 5) is 44.6. The first-order valence-electron chi connectivity index (χ1n) is 11.6. The third kappa shape index (κ3) is 5.10. The zero-order valence-corrected chi connectivity index (χ0v) is 21.3. The number of amides is 1. The molecule has 0 radical (unpaired) electrons. The highest BCUT2D eigenvalue weighted by molar-refractivity contribution is 7.17. The van der Waals surface area contributed by atoms with Crippen LogP contribution < -0.4 is 9.64 Å². The molecule has 37 heavy (non-hydrogen) atoms. The summed E-state index contributed by atoms with van der Waals surface area (Å²) in [6.45, 7) is 4.13. The van der Waals surface area contributed by atoms with E-state index in [9.17, 15) is 23.9 Å². The molecule has 8 nitrogen and oxygen atoms in total. The van der Waals surface area contributed by atoms with Gasteiger partial charge in [-0.3, -0.25) is 14.5 Å². The summed E-state index contributed by atoms with van der Waals surface area (Å²) >= 11 is 0.908. The number of esters is 1. The molecular formula is C27H25FN2O6S. The second-order valence-corrected chi connectivity index (χ2v) is 9.33. The standard InChI is InChI=1S/C27H25FN2O6S/c1-4-5-13-36-19-8-6-7-17(14-19)21-20(22(31)16-9-11-18(28)12-10-16)23(32)25(33)30(21)27-29-15(2)24(37-27)26(34)35-3/h6-12,14,21,31H,4-5,13H2,1-3H3/b22-20+. The Labute approximate surface area is 217 Å². The van der Waals surface area contributed by atoms with Crippen LogP contribution in [0.1, 0.15) is 52.3 Å². The lowest BCUT2D eigenvalue weighted by atomic mass is 9.95. The maximum atomic E-state index is 13.5. The Bertz CT molecular complexity index is 1380. The average Bonchev–Trinajstić information content (AvgIpc) is 3.40. The summed E-state index contributed by atoms with van der Waals surface area (Å²) in [5.74, 6) is -2.91. The number of aliphatic hydroxyl groups excluding tert-OH is 1. The van der Waals surface area contributed by atoms with E-state index in [-0.39, 0.29) is 21.1 Å². The van der Waals surface area contributed by atoms with Gasteiger partial charge in [0, 0.05) is 5.56 Å². The minimum atomic E-state index is -1.07. The molecule has 1 N–H and O–H groups in total. The molecule has 192 valence electrons. The fourth-order valence-corrected chi connectivity index (χ4v) is 5.00. The molecule has 1 fully saturated rings. The monoisotopic (exact) mass is 524 g/mol. The van der Waals surface area contributed by atoms with E-state index in [0.29, 0.717) is 23.6 Å². The SMILES string of the molecule is CCCCOc1cccc(C2/C(=C(\O)c3ccc(F)cc3)C(=O)C(=O)N2c2nc(C)c(C(=O)OC)s2)c1. The summed E-state index contributed by atoms with van der Waals surface area (Å²) < 4.78 is 24.1. The Morgan fingerprint density at radius 1 is 1.19 bits per heavy atom. The van der Waals surface area contributed by atoms with Crippen LogP contribution in [-0.2, 0) is 14.3 Å². The molecular weight excluding hydrogens is 499 g/mol. The number of aliphatic hydroxyl groups is 1. The Kier molecular flexibility index (Phi) is 7.68. The topological polar surface area (TPSA) is 106 Å². The molecule has 4 rings (SSSR count). The van der Waals surface area contributed by atoms with Crippen molar-refractivity contribution in [3.05, 3.63) is 81.6 Å². The van der Waals surface area contributed by atoms with Crippen LogP contribution in [0.25, 0.3) is 5.76 Å². The van der Waals surface area contributed by atoms with Gasteiger partial charge in [-0.05, 0) is 55.3 Å².